The molecule has 3 N–H and O–H groups in total. The smallest absolute Gasteiger partial charge is 0.255 e. The largest absolute Gasteiger partial charge is 0.491 e. The Morgan fingerprint density at radius 2 is 2.22 bits per heavy atom. The minimum absolute atomic E-state index is 0.203. The molecule has 0 unspecified atom stereocenters. The normalized spacial score (nSPS) is 10.3. The van der Waals surface area contributed by atoms with Gasteiger partial charge in [-0.05, 0) is 42.7 Å². The molecule has 23 heavy (non-hydrogen) atoms. The first kappa shape index (κ1) is 17.2. The average molecular weight is 334 g/mol. The molecule has 0 aliphatic carbocycles. The van der Waals surface area contributed by atoms with Crippen LogP contribution in [0.3, 0.4) is 0 Å². The van der Waals surface area contributed by atoms with Gasteiger partial charge >= 0.3 is 0 Å². The summed E-state index contributed by atoms with van der Waals surface area (Å²) < 4.78 is 5.49. The average Bonchev–Trinajstić information content (AvgIpc) is 2.58. The molecule has 0 fully saturated rings. The van der Waals surface area contributed by atoms with E-state index in [4.69, 9.17) is 22.1 Å². The lowest BCUT2D eigenvalue weighted by atomic mass is 10.1. The zero-order valence-corrected chi connectivity index (χ0v) is 13.6. The predicted octanol–water partition coefficient (Wildman–Crippen LogP) is 2.44. The number of carbonyl (C=O) groups is 1. The van der Waals surface area contributed by atoms with Gasteiger partial charge in [-0.1, -0.05) is 17.7 Å². The molecule has 1 aromatic carbocycles. The Balaban J connectivity index is 1.88. The van der Waals surface area contributed by atoms with Crippen molar-refractivity contribution in [2.24, 2.45) is 5.73 Å². The highest BCUT2D eigenvalue weighted by molar-refractivity contribution is 6.31. The third kappa shape index (κ3) is 5.54. The first-order valence-electron chi connectivity index (χ1n) is 7.50. The molecule has 1 amide bonds. The molecule has 1 aromatic heterocycles. The lowest BCUT2D eigenvalue weighted by molar-refractivity contribution is 0.0949. The molecular formula is C17H20ClN3O2. The highest BCUT2D eigenvalue weighted by Crippen LogP contribution is 2.22. The first-order chi connectivity index (χ1) is 11.2. The van der Waals surface area contributed by atoms with Crippen LogP contribution in [0.15, 0.2) is 42.7 Å². The van der Waals surface area contributed by atoms with E-state index in [1.165, 1.54) is 0 Å². The van der Waals surface area contributed by atoms with E-state index in [9.17, 15) is 4.79 Å². The molecule has 0 saturated carbocycles. The van der Waals surface area contributed by atoms with Crippen molar-refractivity contribution in [2.45, 2.75) is 12.8 Å². The number of hydrogen-bond donors (Lipinski definition) is 2. The number of rotatable bonds is 8. The van der Waals surface area contributed by atoms with Crippen LogP contribution in [0.5, 0.6) is 5.75 Å². The van der Waals surface area contributed by atoms with Crippen LogP contribution in [0, 0.1) is 0 Å². The van der Waals surface area contributed by atoms with Crippen molar-refractivity contribution in [1.82, 2.24) is 10.3 Å². The molecule has 0 bridgehead atoms. The van der Waals surface area contributed by atoms with Gasteiger partial charge in [-0.25, -0.2) is 0 Å². The van der Waals surface area contributed by atoms with Gasteiger partial charge in [-0.15, -0.1) is 0 Å². The van der Waals surface area contributed by atoms with Crippen LogP contribution in [-0.4, -0.2) is 30.6 Å². The fourth-order valence-electron chi connectivity index (χ4n) is 2.11. The maximum atomic E-state index is 12.3. The third-order valence-electron chi connectivity index (χ3n) is 3.21. The number of benzene rings is 1. The Hall–Kier alpha value is -2.11. The van der Waals surface area contributed by atoms with Crippen LogP contribution in [0.4, 0.5) is 0 Å². The monoisotopic (exact) mass is 333 g/mol. The van der Waals surface area contributed by atoms with Crippen molar-refractivity contribution >= 4 is 17.5 Å². The molecule has 6 heteroatoms. The molecule has 0 aliphatic heterocycles. The van der Waals surface area contributed by atoms with Crippen LogP contribution < -0.4 is 15.8 Å². The van der Waals surface area contributed by atoms with Gasteiger partial charge < -0.3 is 15.8 Å². The molecule has 1 heterocycles. The summed E-state index contributed by atoms with van der Waals surface area (Å²) in [7, 11) is 0. The second-order valence-electron chi connectivity index (χ2n) is 5.00. The number of pyridine rings is 1. The van der Waals surface area contributed by atoms with Gasteiger partial charge in [-0.3, -0.25) is 9.78 Å². The maximum Gasteiger partial charge on any atom is 0.255 e. The first-order valence-corrected chi connectivity index (χ1v) is 7.88. The zero-order valence-electron chi connectivity index (χ0n) is 12.8. The molecule has 0 saturated heterocycles. The summed E-state index contributed by atoms with van der Waals surface area (Å²) in [6.07, 6.45) is 5.27. The number of aromatic nitrogens is 1. The maximum absolute atomic E-state index is 12.3. The van der Waals surface area contributed by atoms with E-state index in [1.54, 1.807) is 24.4 Å². The van der Waals surface area contributed by atoms with Crippen molar-refractivity contribution in [3.05, 3.63) is 58.9 Å². The summed E-state index contributed by atoms with van der Waals surface area (Å²) in [6, 6.07) is 8.89. The van der Waals surface area contributed by atoms with Gasteiger partial charge in [0, 0.05) is 30.5 Å². The number of halogens is 1. The third-order valence-corrected chi connectivity index (χ3v) is 3.45. The molecule has 2 aromatic rings. The molecule has 122 valence electrons. The zero-order chi connectivity index (χ0) is 16.5. The van der Waals surface area contributed by atoms with Crippen molar-refractivity contribution < 1.29 is 9.53 Å². The molecule has 0 aliphatic rings. The van der Waals surface area contributed by atoms with Gasteiger partial charge in [0.25, 0.3) is 5.91 Å². The van der Waals surface area contributed by atoms with Crippen molar-refractivity contribution in [1.29, 1.82) is 0 Å². The number of aryl methyl sites for hydroxylation is 1. The quantitative estimate of drug-likeness (QED) is 0.727. The fourth-order valence-corrected chi connectivity index (χ4v) is 2.28. The Bertz CT molecular complexity index is 635. The van der Waals surface area contributed by atoms with Crippen molar-refractivity contribution in [3.63, 3.8) is 0 Å². The summed E-state index contributed by atoms with van der Waals surface area (Å²) in [5.41, 5.74) is 7.00. The minimum atomic E-state index is -0.203. The van der Waals surface area contributed by atoms with Crippen LogP contribution in [0.2, 0.25) is 5.02 Å². The van der Waals surface area contributed by atoms with Gasteiger partial charge in [0.2, 0.25) is 0 Å². The Labute approximate surface area is 140 Å². The Morgan fingerprint density at radius 3 is 2.96 bits per heavy atom. The number of amides is 1. The minimum Gasteiger partial charge on any atom is -0.491 e. The predicted molar refractivity (Wildman–Crippen MR) is 90.9 cm³/mol. The summed E-state index contributed by atoms with van der Waals surface area (Å²) >= 11 is 5.97. The van der Waals surface area contributed by atoms with Crippen LogP contribution in [0.25, 0.3) is 0 Å². The standard InChI is InChI=1S/C17H20ClN3O2/c18-14-5-6-16(23-10-7-19)15(11-14)17(22)21-9-2-4-13-3-1-8-20-12-13/h1,3,5-6,8,11-12H,2,4,7,9-10,19H2,(H,21,22). The second-order valence-corrected chi connectivity index (χ2v) is 5.43. The van der Waals surface area contributed by atoms with E-state index in [2.05, 4.69) is 10.3 Å². The van der Waals surface area contributed by atoms with Crippen LogP contribution >= 0.6 is 11.6 Å². The molecule has 0 spiro atoms. The Kier molecular flexibility index (Phi) is 6.84. The SMILES string of the molecule is NCCOc1ccc(Cl)cc1C(=O)NCCCc1cccnc1. The van der Waals surface area contributed by atoms with Crippen LogP contribution in [0.1, 0.15) is 22.3 Å². The van der Waals surface area contributed by atoms with Crippen molar-refractivity contribution in [2.75, 3.05) is 19.7 Å². The van der Waals surface area contributed by atoms with Crippen molar-refractivity contribution in [3.8, 4) is 5.75 Å². The van der Waals surface area contributed by atoms with E-state index in [0.29, 0.717) is 36.0 Å². The lowest BCUT2D eigenvalue weighted by Crippen LogP contribution is -2.25. The Morgan fingerprint density at radius 1 is 1.35 bits per heavy atom. The van der Waals surface area contributed by atoms with E-state index >= 15 is 0 Å². The number of ether oxygens (including phenoxy) is 1. The second kappa shape index (κ2) is 9.12. The fraction of sp³-hybridized carbons (Fsp3) is 0.294. The van der Waals surface area contributed by atoms with Gasteiger partial charge in [0.15, 0.2) is 0 Å². The number of nitrogens with one attached hydrogen (secondary N) is 1. The van der Waals surface area contributed by atoms with E-state index < -0.39 is 0 Å². The summed E-state index contributed by atoms with van der Waals surface area (Å²) in [6.45, 7) is 1.30. The highest BCUT2D eigenvalue weighted by Gasteiger charge is 2.13. The lowest BCUT2D eigenvalue weighted by Gasteiger charge is -2.11. The molecule has 5 nitrogen and oxygen atoms in total. The molecular weight excluding hydrogens is 314 g/mol. The molecule has 0 atom stereocenters. The summed E-state index contributed by atoms with van der Waals surface area (Å²) in [4.78, 5) is 16.4. The topological polar surface area (TPSA) is 77.2 Å². The molecule has 2 rings (SSSR count). The molecule has 0 radical (unpaired) electrons. The van der Waals surface area contributed by atoms with Gasteiger partial charge in [0.1, 0.15) is 12.4 Å². The summed E-state index contributed by atoms with van der Waals surface area (Å²) in [5, 5.41) is 3.38. The van der Waals surface area contributed by atoms with Gasteiger partial charge in [0.05, 0.1) is 5.56 Å². The number of nitrogens with zero attached hydrogens (tertiary/aromatic N) is 1. The highest BCUT2D eigenvalue weighted by atomic mass is 35.5. The van der Waals surface area contributed by atoms with Crippen LogP contribution in [-0.2, 0) is 6.42 Å². The van der Waals surface area contributed by atoms with E-state index in [0.717, 1.165) is 18.4 Å². The number of carbonyl (C=O) groups excluding carboxylic acids is 1. The van der Waals surface area contributed by atoms with E-state index in [-0.39, 0.29) is 5.91 Å². The number of nitrogens with two attached hydrogens (primary N) is 1. The van der Waals surface area contributed by atoms with E-state index in [1.807, 2.05) is 18.3 Å². The summed E-state index contributed by atoms with van der Waals surface area (Å²) in [5.74, 6) is 0.287. The van der Waals surface area contributed by atoms with Gasteiger partial charge in [-0.2, -0.15) is 0 Å². The number of hydrogen-bond acceptors (Lipinski definition) is 4.